The normalized spacial score (nSPS) is 21.0. The lowest BCUT2D eigenvalue weighted by molar-refractivity contribution is 0.0664. The summed E-state index contributed by atoms with van der Waals surface area (Å²) in [6.07, 6.45) is 8.01. The molecule has 1 N–H and O–H groups in total. The summed E-state index contributed by atoms with van der Waals surface area (Å²) in [5.41, 5.74) is 5.26. The number of carbonyl (C=O) groups excluding carboxylic acids is 1. The quantitative estimate of drug-likeness (QED) is 0.182. The molecule has 4 aliphatic rings. The molecule has 2 fully saturated rings. The summed E-state index contributed by atoms with van der Waals surface area (Å²) in [5, 5.41) is 21.4. The van der Waals surface area contributed by atoms with Gasteiger partial charge in [-0.25, -0.2) is 22.4 Å². The molecule has 7 heterocycles. The van der Waals surface area contributed by atoms with Gasteiger partial charge in [-0.3, -0.25) is 13.9 Å². The SMILES string of the molecule is Cc1cc(-n2nc3c(c2-n2ccn(-c4ccc([S@]5(=O)=NCCC5)cc4)c2=O)[C@H](C)N(C(=O)c2cc4cc(C5CCOCC5)ccc4n2C2(c4nn[nH]n4)CC2)CC3)cc(C)c1F. The number of carbonyl (C=O) groups is 1. The Morgan fingerprint density at radius 3 is 2.42 bits per heavy atom. The zero-order valence-corrected chi connectivity index (χ0v) is 35.6. The second-order valence-corrected chi connectivity index (χ2v) is 19.5. The van der Waals surface area contributed by atoms with E-state index < -0.39 is 21.3 Å². The van der Waals surface area contributed by atoms with Crippen LogP contribution >= 0.6 is 0 Å². The first-order valence-corrected chi connectivity index (χ1v) is 23.0. The fourth-order valence-electron chi connectivity index (χ4n) is 9.98. The molecule has 0 spiro atoms. The molecule has 1 amide bonds. The topological polar surface area (TPSA) is 163 Å². The maximum atomic E-state index is 15.3. The van der Waals surface area contributed by atoms with Crippen LogP contribution in [0, 0.1) is 19.7 Å². The Kier molecular flexibility index (Phi) is 9.02. The lowest BCUT2D eigenvalue weighted by Gasteiger charge is -2.34. The molecule has 4 aromatic heterocycles. The van der Waals surface area contributed by atoms with Crippen LogP contribution in [0.3, 0.4) is 0 Å². The highest BCUT2D eigenvalue weighted by molar-refractivity contribution is 7.93. The van der Waals surface area contributed by atoms with E-state index >= 15 is 9.18 Å². The highest BCUT2D eigenvalue weighted by Crippen LogP contribution is 2.51. The van der Waals surface area contributed by atoms with Crippen LogP contribution in [0.15, 0.2) is 87.1 Å². The van der Waals surface area contributed by atoms with Gasteiger partial charge in [0.2, 0.25) is 0 Å². The van der Waals surface area contributed by atoms with Gasteiger partial charge in [0.15, 0.2) is 5.82 Å². The molecule has 1 saturated heterocycles. The first-order valence-electron chi connectivity index (χ1n) is 21.3. The highest BCUT2D eigenvalue weighted by Gasteiger charge is 2.53. The summed E-state index contributed by atoms with van der Waals surface area (Å²) in [5.74, 6) is 1.45. The fraction of sp³-hybridized carbons (Fsp3) is 0.378. The predicted octanol–water partition coefficient (Wildman–Crippen LogP) is 6.46. The summed E-state index contributed by atoms with van der Waals surface area (Å²) in [4.78, 5) is 32.5. The maximum Gasteiger partial charge on any atom is 0.338 e. The maximum absolute atomic E-state index is 15.3. The second-order valence-electron chi connectivity index (χ2n) is 17.1. The summed E-state index contributed by atoms with van der Waals surface area (Å²) in [6.45, 7) is 7.82. The van der Waals surface area contributed by atoms with Crippen LogP contribution < -0.4 is 5.69 Å². The third kappa shape index (κ3) is 6.02. The standard InChI is InChI=1S/C45H46FN11O4S/c1-27-23-34(24-28(2)40(27)46)57-41(55-19-18-54(44(55)59)33-6-8-35(9-7-33)62(60)22-4-16-47-62)39-29(3)53(17-11-36(39)50-57)42(58)38-26-32-25-31(30-12-20-61-21-13-30)5-10-37(32)56(38)45(14-15-45)43-48-51-52-49-43/h5-10,18-19,23-26,29-30H,4,11-17,20-22H2,1-3H3,(H,48,49,51,52)/t29-,62-/m0/s1. The number of halogens is 1. The Bertz CT molecular complexity index is 3080. The fourth-order valence-corrected chi connectivity index (χ4v) is 12.0. The molecular weight excluding hydrogens is 810 g/mol. The van der Waals surface area contributed by atoms with Gasteiger partial charge in [0.1, 0.15) is 22.9 Å². The molecule has 0 unspecified atom stereocenters. The summed E-state index contributed by atoms with van der Waals surface area (Å²) in [7, 11) is -2.45. The van der Waals surface area contributed by atoms with Crippen molar-refractivity contribution in [3.05, 3.63) is 129 Å². The Balaban J connectivity index is 1.03. The van der Waals surface area contributed by atoms with Crippen molar-refractivity contribution in [1.29, 1.82) is 0 Å². The van der Waals surface area contributed by atoms with Crippen molar-refractivity contribution >= 4 is 26.5 Å². The van der Waals surface area contributed by atoms with Crippen LogP contribution in [-0.4, -0.2) is 91.2 Å². The lowest BCUT2D eigenvalue weighted by atomic mass is 9.91. The van der Waals surface area contributed by atoms with Gasteiger partial charge in [0, 0.05) is 72.2 Å². The van der Waals surface area contributed by atoms with E-state index in [1.165, 1.54) is 10.1 Å². The molecule has 15 nitrogen and oxygen atoms in total. The molecule has 11 rings (SSSR count). The molecular formula is C45H46FN11O4S. The van der Waals surface area contributed by atoms with Gasteiger partial charge in [-0.15, -0.1) is 10.2 Å². The Hall–Kier alpha value is -6.20. The van der Waals surface area contributed by atoms with Gasteiger partial charge in [-0.2, -0.15) is 10.3 Å². The third-order valence-electron chi connectivity index (χ3n) is 13.4. The monoisotopic (exact) mass is 855 g/mol. The highest BCUT2D eigenvalue weighted by atomic mass is 32.2. The average molecular weight is 856 g/mol. The van der Waals surface area contributed by atoms with Crippen LogP contribution in [0.1, 0.15) is 95.2 Å². The van der Waals surface area contributed by atoms with Crippen molar-refractivity contribution in [3.8, 4) is 17.2 Å². The van der Waals surface area contributed by atoms with Gasteiger partial charge >= 0.3 is 5.69 Å². The van der Waals surface area contributed by atoms with Crippen molar-refractivity contribution in [1.82, 2.24) is 49.0 Å². The number of aryl methyl sites for hydroxylation is 2. The molecule has 1 saturated carbocycles. The van der Waals surface area contributed by atoms with Gasteiger partial charge in [0.25, 0.3) is 5.91 Å². The van der Waals surface area contributed by atoms with Crippen molar-refractivity contribution < 1.29 is 18.1 Å². The van der Waals surface area contributed by atoms with Crippen molar-refractivity contribution in [3.63, 3.8) is 0 Å². The minimum Gasteiger partial charge on any atom is -0.381 e. The number of tetrazole rings is 1. The predicted molar refractivity (Wildman–Crippen MR) is 229 cm³/mol. The summed E-state index contributed by atoms with van der Waals surface area (Å²) >= 11 is 0. The number of benzene rings is 3. The van der Waals surface area contributed by atoms with Gasteiger partial charge in [-0.05, 0) is 130 Å². The molecule has 17 heteroatoms. The number of nitrogens with zero attached hydrogens (tertiary/aromatic N) is 10. The lowest BCUT2D eigenvalue weighted by Crippen LogP contribution is -2.41. The number of hydrogen-bond donors (Lipinski definition) is 1. The molecule has 3 aliphatic heterocycles. The molecule has 7 aromatic rings. The zero-order chi connectivity index (χ0) is 42.5. The number of aromatic nitrogens is 9. The third-order valence-corrected chi connectivity index (χ3v) is 15.8. The van der Waals surface area contributed by atoms with E-state index in [4.69, 9.17) is 9.84 Å². The largest absolute Gasteiger partial charge is 0.381 e. The number of fused-ring (bicyclic) bond motifs is 2. The van der Waals surface area contributed by atoms with E-state index in [2.05, 4.69) is 47.8 Å². The first-order chi connectivity index (χ1) is 30.0. The average Bonchev–Trinajstić information content (AvgIpc) is 3.88. The Labute approximate surface area is 356 Å². The van der Waals surface area contributed by atoms with Crippen LogP contribution in [0.4, 0.5) is 4.39 Å². The van der Waals surface area contributed by atoms with Crippen molar-refractivity contribution in [2.24, 2.45) is 4.36 Å². The number of rotatable bonds is 8. The number of ether oxygens (including phenoxy) is 1. The molecule has 3 aromatic carbocycles. The molecule has 62 heavy (non-hydrogen) atoms. The summed E-state index contributed by atoms with van der Waals surface area (Å²) in [6, 6.07) is 18.6. The van der Waals surface area contributed by atoms with E-state index in [0.717, 1.165) is 67.5 Å². The van der Waals surface area contributed by atoms with Crippen LogP contribution in [0.25, 0.3) is 28.1 Å². The number of hydrogen-bond acceptors (Lipinski definition) is 9. The van der Waals surface area contributed by atoms with Gasteiger partial charge in [-0.1, -0.05) is 11.3 Å². The van der Waals surface area contributed by atoms with E-state index in [1.807, 2.05) is 17.9 Å². The van der Waals surface area contributed by atoms with E-state index in [-0.39, 0.29) is 17.4 Å². The van der Waals surface area contributed by atoms with E-state index in [1.54, 1.807) is 71.9 Å². The zero-order valence-electron chi connectivity index (χ0n) is 34.8. The second kappa shape index (κ2) is 14.4. The minimum absolute atomic E-state index is 0.161. The van der Waals surface area contributed by atoms with Crippen LogP contribution in [0.5, 0.6) is 0 Å². The number of nitrogens with one attached hydrogen (secondary N) is 1. The molecule has 1 aliphatic carbocycles. The van der Waals surface area contributed by atoms with Crippen molar-refractivity contribution in [2.45, 2.75) is 81.7 Å². The Morgan fingerprint density at radius 2 is 1.73 bits per heavy atom. The Morgan fingerprint density at radius 1 is 0.968 bits per heavy atom. The van der Waals surface area contributed by atoms with E-state index in [0.29, 0.717) is 75.9 Å². The van der Waals surface area contributed by atoms with Gasteiger partial charge in [0.05, 0.1) is 32.8 Å². The van der Waals surface area contributed by atoms with E-state index in [9.17, 15) is 9.00 Å². The molecule has 2 atom stereocenters. The smallest absolute Gasteiger partial charge is 0.338 e. The summed E-state index contributed by atoms with van der Waals surface area (Å²) < 4.78 is 45.4. The van der Waals surface area contributed by atoms with Crippen LogP contribution in [-0.2, 0) is 26.4 Å². The van der Waals surface area contributed by atoms with Gasteiger partial charge < -0.3 is 14.2 Å². The molecule has 318 valence electrons. The van der Waals surface area contributed by atoms with Crippen LogP contribution in [0.2, 0.25) is 0 Å². The number of H-pyrrole nitrogens is 1. The molecule has 0 radical (unpaired) electrons. The molecule has 0 bridgehead atoms. The first kappa shape index (κ1) is 38.7. The number of amides is 1. The number of imidazole rings is 1. The minimum atomic E-state index is -2.45. The van der Waals surface area contributed by atoms with Crippen molar-refractivity contribution in [2.75, 3.05) is 32.1 Å². The number of aromatic amines is 1.